The summed E-state index contributed by atoms with van der Waals surface area (Å²) >= 11 is 0. The van der Waals surface area contributed by atoms with Gasteiger partial charge in [-0.05, 0) is 45.4 Å². The van der Waals surface area contributed by atoms with Crippen molar-refractivity contribution in [1.29, 1.82) is 0 Å². The molecule has 1 heterocycles. The third-order valence-corrected chi connectivity index (χ3v) is 3.93. The van der Waals surface area contributed by atoms with Gasteiger partial charge in [0.2, 0.25) is 0 Å². The van der Waals surface area contributed by atoms with Crippen molar-refractivity contribution in [2.45, 2.75) is 45.6 Å². The van der Waals surface area contributed by atoms with E-state index in [1.54, 1.807) is 4.90 Å². The minimum atomic E-state index is -0.474. The van der Waals surface area contributed by atoms with Gasteiger partial charge in [0.15, 0.2) is 0 Å². The molecule has 0 radical (unpaired) electrons. The van der Waals surface area contributed by atoms with Crippen LogP contribution in [0.25, 0.3) is 0 Å². The third-order valence-electron chi connectivity index (χ3n) is 3.93. The normalized spacial score (nSPS) is 20.8. The summed E-state index contributed by atoms with van der Waals surface area (Å²) in [6, 6.07) is 0. The van der Waals surface area contributed by atoms with Gasteiger partial charge < -0.3 is 15.2 Å². The zero-order valence-electron chi connectivity index (χ0n) is 13.3. The van der Waals surface area contributed by atoms with E-state index in [-0.39, 0.29) is 18.1 Å². The van der Waals surface area contributed by atoms with Crippen LogP contribution < -0.4 is 5.32 Å². The highest BCUT2D eigenvalue weighted by Crippen LogP contribution is 2.47. The third kappa shape index (κ3) is 4.88. The van der Waals surface area contributed by atoms with Crippen LogP contribution in [0.5, 0.6) is 0 Å². The van der Waals surface area contributed by atoms with Gasteiger partial charge in [-0.15, -0.1) is 0 Å². The number of hydrogen-bond acceptors (Lipinski definition) is 5. The molecule has 1 amide bonds. The Hall–Kier alpha value is -1.30. The maximum absolute atomic E-state index is 12.1. The molecule has 0 saturated heterocycles. The van der Waals surface area contributed by atoms with Crippen LogP contribution in [0.2, 0.25) is 0 Å². The van der Waals surface area contributed by atoms with E-state index in [1.165, 1.54) is 0 Å². The molecule has 1 aliphatic carbocycles. The molecule has 0 aromatic rings. The first kappa shape index (κ1) is 16.1. The summed E-state index contributed by atoms with van der Waals surface area (Å²) in [5.74, 6) is 0.844. The van der Waals surface area contributed by atoms with Gasteiger partial charge >= 0.3 is 6.09 Å². The Labute approximate surface area is 126 Å². The zero-order chi connectivity index (χ0) is 15.5. The van der Waals surface area contributed by atoms with Gasteiger partial charge in [0, 0.05) is 19.7 Å². The minimum absolute atomic E-state index is 0.234. The number of nitrogens with one attached hydrogen (secondary N) is 1. The number of rotatable bonds is 4. The second kappa shape index (κ2) is 6.22. The van der Waals surface area contributed by atoms with Crippen LogP contribution in [0.15, 0.2) is 4.99 Å². The van der Waals surface area contributed by atoms with E-state index in [0.29, 0.717) is 19.6 Å². The SMILES string of the molecule is CC(C)(C)OC(=O)N1CCN=C(NCC2(CCO)CC2)C1. The zero-order valence-corrected chi connectivity index (χ0v) is 13.3. The molecule has 0 unspecified atom stereocenters. The Morgan fingerprint density at radius 2 is 2.19 bits per heavy atom. The number of aliphatic hydroxyl groups excluding tert-OH is 1. The number of nitrogens with zero attached hydrogens (tertiary/aromatic N) is 2. The molecule has 1 fully saturated rings. The van der Waals surface area contributed by atoms with Crippen molar-refractivity contribution in [3.63, 3.8) is 0 Å². The predicted molar refractivity (Wildman–Crippen MR) is 81.5 cm³/mol. The average Bonchev–Trinajstić information content (AvgIpc) is 3.16. The molecule has 0 aromatic heterocycles. The van der Waals surface area contributed by atoms with Crippen molar-refractivity contribution in [2.75, 3.05) is 32.8 Å². The number of amidine groups is 1. The molecule has 6 nitrogen and oxygen atoms in total. The second-order valence-corrected chi connectivity index (χ2v) is 7.06. The molecule has 2 N–H and O–H groups in total. The van der Waals surface area contributed by atoms with E-state index in [0.717, 1.165) is 31.6 Å². The Kier molecular flexibility index (Phi) is 4.76. The lowest BCUT2D eigenvalue weighted by Gasteiger charge is -2.30. The van der Waals surface area contributed by atoms with Crippen molar-refractivity contribution in [2.24, 2.45) is 10.4 Å². The van der Waals surface area contributed by atoms with Gasteiger partial charge in [-0.25, -0.2) is 4.79 Å². The summed E-state index contributed by atoms with van der Waals surface area (Å²) in [5.41, 5.74) is -0.232. The van der Waals surface area contributed by atoms with Crippen LogP contribution in [0.1, 0.15) is 40.0 Å². The van der Waals surface area contributed by atoms with Crippen molar-refractivity contribution in [3.05, 3.63) is 0 Å². The van der Waals surface area contributed by atoms with Gasteiger partial charge in [-0.1, -0.05) is 0 Å². The van der Waals surface area contributed by atoms with Crippen LogP contribution in [0.4, 0.5) is 4.79 Å². The molecule has 0 bridgehead atoms. The lowest BCUT2D eigenvalue weighted by Crippen LogP contribution is -2.48. The molecule has 2 rings (SSSR count). The summed E-state index contributed by atoms with van der Waals surface area (Å²) in [5, 5.41) is 12.4. The summed E-state index contributed by atoms with van der Waals surface area (Å²) in [7, 11) is 0. The predicted octanol–water partition coefficient (Wildman–Crippen LogP) is 1.39. The maximum Gasteiger partial charge on any atom is 0.410 e. The standard InChI is InChI=1S/C15H27N3O3/c1-14(2,3)21-13(20)18-8-7-16-12(10-18)17-11-15(4-5-15)6-9-19/h19H,4-11H2,1-3H3,(H,16,17). The summed E-state index contributed by atoms with van der Waals surface area (Å²) in [6.45, 7) is 8.35. The van der Waals surface area contributed by atoms with Crippen molar-refractivity contribution in [3.8, 4) is 0 Å². The highest BCUT2D eigenvalue weighted by molar-refractivity contribution is 5.87. The van der Waals surface area contributed by atoms with E-state index >= 15 is 0 Å². The van der Waals surface area contributed by atoms with Gasteiger partial charge in [0.05, 0.1) is 13.1 Å². The number of aliphatic hydroxyl groups is 1. The fourth-order valence-corrected chi connectivity index (χ4v) is 2.43. The summed E-state index contributed by atoms with van der Waals surface area (Å²) < 4.78 is 5.39. The molecule has 0 aromatic carbocycles. The van der Waals surface area contributed by atoms with Crippen molar-refractivity contribution >= 4 is 11.9 Å². The van der Waals surface area contributed by atoms with E-state index in [2.05, 4.69) is 10.3 Å². The molecule has 0 atom stereocenters. The largest absolute Gasteiger partial charge is 0.444 e. The Morgan fingerprint density at radius 3 is 2.76 bits per heavy atom. The van der Waals surface area contributed by atoms with Crippen molar-refractivity contribution < 1.29 is 14.6 Å². The monoisotopic (exact) mass is 297 g/mol. The van der Waals surface area contributed by atoms with E-state index in [4.69, 9.17) is 9.84 Å². The van der Waals surface area contributed by atoms with Gasteiger partial charge in [0.1, 0.15) is 11.4 Å². The number of carbonyl (C=O) groups excluding carboxylic acids is 1. The number of carbonyl (C=O) groups is 1. The maximum atomic E-state index is 12.1. The summed E-state index contributed by atoms with van der Waals surface area (Å²) in [6.07, 6.45) is 2.87. The van der Waals surface area contributed by atoms with Crippen LogP contribution in [-0.4, -0.2) is 60.3 Å². The molecular formula is C15H27N3O3. The average molecular weight is 297 g/mol. The van der Waals surface area contributed by atoms with Crippen LogP contribution >= 0.6 is 0 Å². The fraction of sp³-hybridized carbons (Fsp3) is 0.867. The number of amides is 1. The molecule has 0 spiro atoms. The first-order valence-corrected chi connectivity index (χ1v) is 7.70. The topological polar surface area (TPSA) is 74.2 Å². The van der Waals surface area contributed by atoms with Gasteiger partial charge in [-0.2, -0.15) is 0 Å². The van der Waals surface area contributed by atoms with Crippen LogP contribution in [0, 0.1) is 5.41 Å². The Morgan fingerprint density at radius 1 is 1.48 bits per heavy atom. The van der Waals surface area contributed by atoms with Crippen LogP contribution in [0.3, 0.4) is 0 Å². The molecule has 1 aliphatic heterocycles. The smallest absolute Gasteiger partial charge is 0.410 e. The van der Waals surface area contributed by atoms with Gasteiger partial charge in [0.25, 0.3) is 0 Å². The molecule has 21 heavy (non-hydrogen) atoms. The molecule has 1 saturated carbocycles. The van der Waals surface area contributed by atoms with Crippen LogP contribution in [-0.2, 0) is 4.74 Å². The molecule has 120 valence electrons. The number of hydrogen-bond donors (Lipinski definition) is 2. The van der Waals surface area contributed by atoms with Crippen molar-refractivity contribution in [1.82, 2.24) is 10.2 Å². The van der Waals surface area contributed by atoms with E-state index in [1.807, 2.05) is 20.8 Å². The van der Waals surface area contributed by atoms with E-state index < -0.39 is 5.60 Å². The first-order valence-electron chi connectivity index (χ1n) is 7.70. The lowest BCUT2D eigenvalue weighted by molar-refractivity contribution is 0.0276. The quantitative estimate of drug-likeness (QED) is 0.822. The lowest BCUT2D eigenvalue weighted by atomic mass is 10.0. The Balaban J connectivity index is 1.81. The van der Waals surface area contributed by atoms with E-state index in [9.17, 15) is 4.79 Å². The second-order valence-electron chi connectivity index (χ2n) is 7.06. The van der Waals surface area contributed by atoms with Gasteiger partial charge in [-0.3, -0.25) is 9.89 Å². The molecule has 2 aliphatic rings. The highest BCUT2D eigenvalue weighted by Gasteiger charge is 2.41. The highest BCUT2D eigenvalue weighted by atomic mass is 16.6. The fourth-order valence-electron chi connectivity index (χ4n) is 2.43. The summed E-state index contributed by atoms with van der Waals surface area (Å²) in [4.78, 5) is 18.2. The first-order chi connectivity index (χ1) is 9.84. The number of aliphatic imine (C=N–C) groups is 1. The Bertz CT molecular complexity index is 411. The minimum Gasteiger partial charge on any atom is -0.444 e. The molecule has 6 heteroatoms. The number of ether oxygens (including phenoxy) is 1. The molecular weight excluding hydrogens is 270 g/mol.